The molecule has 1 saturated carbocycles. The zero-order valence-corrected chi connectivity index (χ0v) is 13.5. The second-order valence-electron chi connectivity index (χ2n) is 6.96. The molecule has 2 rings (SSSR count). The lowest BCUT2D eigenvalue weighted by Crippen LogP contribution is -2.17. The fourth-order valence-electron chi connectivity index (χ4n) is 3.97. The number of allylic oxidation sites excluding steroid dienone is 2. The van der Waals surface area contributed by atoms with E-state index in [2.05, 4.69) is 25.1 Å². The molecule has 3 nitrogen and oxygen atoms in total. The van der Waals surface area contributed by atoms with Gasteiger partial charge in [0.25, 0.3) is 0 Å². The molecule has 1 fully saturated rings. The average Bonchev–Trinajstić information content (AvgIpc) is 2.93. The molecule has 0 saturated heterocycles. The minimum Gasteiger partial charge on any atom is -0.392 e. The van der Waals surface area contributed by atoms with Crippen LogP contribution < -0.4 is 0 Å². The van der Waals surface area contributed by atoms with Gasteiger partial charge >= 0.3 is 0 Å². The van der Waals surface area contributed by atoms with Crippen molar-refractivity contribution in [3.05, 3.63) is 23.8 Å². The van der Waals surface area contributed by atoms with Crippen LogP contribution in [0.1, 0.15) is 38.5 Å². The summed E-state index contributed by atoms with van der Waals surface area (Å²) in [5.41, 5.74) is 1.60. The fourth-order valence-corrected chi connectivity index (χ4v) is 3.97. The van der Waals surface area contributed by atoms with Gasteiger partial charge in [-0.25, -0.2) is 0 Å². The predicted molar refractivity (Wildman–Crippen MR) is 87.0 cm³/mol. The summed E-state index contributed by atoms with van der Waals surface area (Å²) in [5, 5.41) is 19.1. The first-order chi connectivity index (χ1) is 10.1. The maximum absolute atomic E-state index is 10.1. The monoisotopic (exact) mass is 293 g/mol. The first-order valence-corrected chi connectivity index (χ1v) is 8.41. The Kier molecular flexibility index (Phi) is 6.46. The molecule has 21 heavy (non-hydrogen) atoms. The van der Waals surface area contributed by atoms with Crippen molar-refractivity contribution in [1.29, 1.82) is 0 Å². The van der Waals surface area contributed by atoms with Crippen molar-refractivity contribution in [3.8, 4) is 0 Å². The van der Waals surface area contributed by atoms with Crippen LogP contribution in [0.5, 0.6) is 0 Å². The third-order valence-electron chi connectivity index (χ3n) is 5.02. The molecule has 0 bridgehead atoms. The molecule has 0 unspecified atom stereocenters. The summed E-state index contributed by atoms with van der Waals surface area (Å²) in [7, 11) is 4.26. The van der Waals surface area contributed by atoms with Crippen LogP contribution in [0.15, 0.2) is 23.8 Å². The average molecular weight is 293 g/mol. The van der Waals surface area contributed by atoms with E-state index in [-0.39, 0.29) is 18.6 Å². The predicted octanol–water partition coefficient (Wildman–Crippen LogP) is 2.60. The van der Waals surface area contributed by atoms with Crippen LogP contribution in [-0.2, 0) is 0 Å². The second kappa shape index (κ2) is 8.11. The number of fused-ring (bicyclic) bond motifs is 1. The molecule has 0 aromatic heterocycles. The molecule has 0 aromatic rings. The third kappa shape index (κ3) is 4.67. The number of aliphatic hydroxyl groups is 2. The van der Waals surface area contributed by atoms with Gasteiger partial charge in [-0.1, -0.05) is 30.2 Å². The lowest BCUT2D eigenvalue weighted by molar-refractivity contribution is 0.140. The van der Waals surface area contributed by atoms with Gasteiger partial charge in [-0.3, -0.25) is 0 Å². The molecular formula is C18H31NO2. The Balaban J connectivity index is 1.74. The van der Waals surface area contributed by atoms with Crippen LogP contribution >= 0.6 is 0 Å². The maximum Gasteiger partial charge on any atom is 0.0612 e. The van der Waals surface area contributed by atoms with Crippen LogP contribution in [0.2, 0.25) is 0 Å². The van der Waals surface area contributed by atoms with Crippen LogP contribution in [0.25, 0.3) is 0 Å². The highest BCUT2D eigenvalue weighted by Crippen LogP contribution is 2.48. The Morgan fingerprint density at radius 1 is 1.29 bits per heavy atom. The number of aliphatic hydroxyl groups excluding tert-OH is 2. The summed E-state index contributed by atoms with van der Waals surface area (Å²) in [6, 6.07) is 0. The standard InChI is InChI=1S/C18H31NO2/c1-19(2)9-5-3-4-7-14-11-15-13-18(21)16(8-6-10-20)17(15)12-14/h6,8,11,15-18,20-21H,3-5,7,9-10,12-13H2,1-2H3/b8-6+/t15-,16+,17-,18+/m0/s1. The Morgan fingerprint density at radius 3 is 2.81 bits per heavy atom. The topological polar surface area (TPSA) is 43.7 Å². The summed E-state index contributed by atoms with van der Waals surface area (Å²) >= 11 is 0. The van der Waals surface area contributed by atoms with E-state index < -0.39 is 0 Å². The van der Waals surface area contributed by atoms with E-state index in [0.29, 0.717) is 11.8 Å². The number of unbranched alkanes of at least 4 members (excludes halogenated alkanes) is 2. The quantitative estimate of drug-likeness (QED) is 0.534. The number of rotatable bonds is 8. The normalized spacial score (nSPS) is 32.1. The highest BCUT2D eigenvalue weighted by atomic mass is 16.3. The van der Waals surface area contributed by atoms with E-state index >= 15 is 0 Å². The van der Waals surface area contributed by atoms with Gasteiger partial charge in [-0.15, -0.1) is 0 Å². The zero-order valence-electron chi connectivity index (χ0n) is 13.5. The molecular weight excluding hydrogens is 262 g/mol. The molecule has 2 N–H and O–H groups in total. The molecule has 0 amide bonds. The molecule has 2 aliphatic carbocycles. The van der Waals surface area contributed by atoms with Gasteiger partial charge in [0.1, 0.15) is 0 Å². The van der Waals surface area contributed by atoms with Crippen molar-refractivity contribution in [1.82, 2.24) is 4.90 Å². The third-order valence-corrected chi connectivity index (χ3v) is 5.02. The van der Waals surface area contributed by atoms with E-state index in [0.717, 1.165) is 12.8 Å². The van der Waals surface area contributed by atoms with E-state index in [1.807, 2.05) is 6.08 Å². The molecule has 0 heterocycles. The fraction of sp³-hybridized carbons (Fsp3) is 0.778. The Morgan fingerprint density at radius 2 is 2.10 bits per heavy atom. The Hall–Kier alpha value is -0.640. The zero-order chi connectivity index (χ0) is 15.2. The summed E-state index contributed by atoms with van der Waals surface area (Å²) in [5.74, 6) is 1.37. The van der Waals surface area contributed by atoms with E-state index in [4.69, 9.17) is 5.11 Å². The molecule has 2 aliphatic rings. The van der Waals surface area contributed by atoms with E-state index in [1.165, 1.54) is 32.2 Å². The van der Waals surface area contributed by atoms with Gasteiger partial charge in [0.05, 0.1) is 12.7 Å². The van der Waals surface area contributed by atoms with Crippen LogP contribution in [-0.4, -0.2) is 48.5 Å². The summed E-state index contributed by atoms with van der Waals surface area (Å²) in [6.45, 7) is 1.26. The minimum atomic E-state index is -0.222. The summed E-state index contributed by atoms with van der Waals surface area (Å²) < 4.78 is 0. The van der Waals surface area contributed by atoms with Crippen molar-refractivity contribution in [2.45, 2.75) is 44.6 Å². The lowest BCUT2D eigenvalue weighted by Gasteiger charge is -2.18. The first kappa shape index (κ1) is 16.7. The smallest absolute Gasteiger partial charge is 0.0612 e. The van der Waals surface area contributed by atoms with Crippen molar-refractivity contribution in [2.24, 2.45) is 17.8 Å². The number of hydrogen-bond acceptors (Lipinski definition) is 3. The molecule has 120 valence electrons. The lowest BCUT2D eigenvalue weighted by atomic mass is 9.89. The van der Waals surface area contributed by atoms with Gasteiger partial charge in [0.2, 0.25) is 0 Å². The van der Waals surface area contributed by atoms with Gasteiger partial charge in [-0.05, 0) is 64.6 Å². The summed E-state index contributed by atoms with van der Waals surface area (Å²) in [4.78, 5) is 2.25. The highest BCUT2D eigenvalue weighted by molar-refractivity contribution is 5.20. The first-order valence-electron chi connectivity index (χ1n) is 8.41. The van der Waals surface area contributed by atoms with E-state index in [9.17, 15) is 5.11 Å². The Labute approximate surface area is 129 Å². The summed E-state index contributed by atoms with van der Waals surface area (Å²) in [6.07, 6.45) is 13.2. The maximum atomic E-state index is 10.1. The van der Waals surface area contributed by atoms with Gasteiger partial charge in [0, 0.05) is 5.92 Å². The molecule has 0 aromatic carbocycles. The van der Waals surface area contributed by atoms with Gasteiger partial charge < -0.3 is 15.1 Å². The van der Waals surface area contributed by atoms with Crippen molar-refractivity contribution >= 4 is 0 Å². The van der Waals surface area contributed by atoms with Crippen LogP contribution in [0.4, 0.5) is 0 Å². The highest BCUT2D eigenvalue weighted by Gasteiger charge is 2.42. The van der Waals surface area contributed by atoms with Crippen molar-refractivity contribution in [3.63, 3.8) is 0 Å². The molecule has 0 aliphatic heterocycles. The number of nitrogens with zero attached hydrogens (tertiary/aromatic N) is 1. The second-order valence-corrected chi connectivity index (χ2v) is 6.96. The largest absolute Gasteiger partial charge is 0.392 e. The molecule has 3 heteroatoms. The van der Waals surface area contributed by atoms with Crippen molar-refractivity contribution in [2.75, 3.05) is 27.2 Å². The van der Waals surface area contributed by atoms with Crippen molar-refractivity contribution < 1.29 is 10.2 Å². The Bertz CT molecular complexity index is 375. The molecule has 0 spiro atoms. The van der Waals surface area contributed by atoms with Crippen LogP contribution in [0, 0.1) is 17.8 Å². The SMILES string of the molecule is CN(C)CCCCCC1=C[C@H]2C[C@@H](O)[C@H](/C=C/CO)[C@H]2C1. The van der Waals surface area contributed by atoms with Crippen LogP contribution in [0.3, 0.4) is 0 Å². The minimum absolute atomic E-state index is 0.0762. The number of hydrogen-bond donors (Lipinski definition) is 2. The molecule has 4 atom stereocenters. The van der Waals surface area contributed by atoms with E-state index in [1.54, 1.807) is 11.6 Å². The van der Waals surface area contributed by atoms with Gasteiger partial charge in [-0.2, -0.15) is 0 Å². The van der Waals surface area contributed by atoms with Gasteiger partial charge in [0.15, 0.2) is 0 Å². The molecule has 0 radical (unpaired) electrons.